The lowest BCUT2D eigenvalue weighted by Gasteiger charge is -2.26. The Labute approximate surface area is 105 Å². The maximum Gasteiger partial charge on any atom is 0.264 e. The van der Waals surface area contributed by atoms with Gasteiger partial charge in [0.15, 0.2) is 12.4 Å². The maximum atomic E-state index is 11.8. The molecule has 1 heterocycles. The summed E-state index contributed by atoms with van der Waals surface area (Å²) >= 11 is 0. The fourth-order valence-corrected chi connectivity index (χ4v) is 1.83. The lowest BCUT2D eigenvalue weighted by molar-refractivity contribution is -0.120. The van der Waals surface area contributed by atoms with Crippen LogP contribution in [-0.2, 0) is 4.79 Å². The van der Waals surface area contributed by atoms with Gasteiger partial charge < -0.3 is 14.7 Å². The molecule has 0 atom stereocenters. The molecule has 0 spiro atoms. The second-order valence-electron chi connectivity index (χ2n) is 4.17. The molecule has 0 unspecified atom stereocenters. The highest BCUT2D eigenvalue weighted by molar-refractivity contribution is 6.01. The van der Waals surface area contributed by atoms with Crippen LogP contribution >= 0.6 is 0 Å². The average molecular weight is 249 g/mol. The van der Waals surface area contributed by atoms with Gasteiger partial charge in [-0.25, -0.2) is 0 Å². The number of anilines is 1. The summed E-state index contributed by atoms with van der Waals surface area (Å²) in [7, 11) is 1.66. The number of nitrogens with zero attached hydrogens (tertiary/aromatic N) is 1. The van der Waals surface area contributed by atoms with Gasteiger partial charge in [-0.2, -0.15) is 0 Å². The molecule has 18 heavy (non-hydrogen) atoms. The van der Waals surface area contributed by atoms with Gasteiger partial charge >= 0.3 is 0 Å². The number of rotatable bonds is 4. The van der Waals surface area contributed by atoms with Crippen molar-refractivity contribution < 1.29 is 19.4 Å². The Kier molecular flexibility index (Phi) is 3.62. The highest BCUT2D eigenvalue weighted by Crippen LogP contribution is 2.32. The molecule has 1 aromatic carbocycles. The van der Waals surface area contributed by atoms with E-state index < -0.39 is 0 Å². The second-order valence-corrected chi connectivity index (χ2v) is 4.17. The van der Waals surface area contributed by atoms with Crippen molar-refractivity contribution in [3.05, 3.63) is 23.8 Å². The predicted octanol–water partition coefficient (Wildman–Crippen LogP) is 0.997. The average Bonchev–Trinajstić information content (AvgIpc) is 2.40. The number of aliphatic hydroxyl groups is 1. The third-order valence-corrected chi connectivity index (χ3v) is 2.93. The molecule has 5 heteroatoms. The van der Waals surface area contributed by atoms with Gasteiger partial charge in [0.2, 0.25) is 0 Å². The molecule has 5 nitrogen and oxygen atoms in total. The van der Waals surface area contributed by atoms with Crippen molar-refractivity contribution in [3.63, 3.8) is 0 Å². The minimum atomic E-state index is -0.137. The smallest absolute Gasteiger partial charge is 0.264 e. The molecular formula is C13H15NO4. The van der Waals surface area contributed by atoms with Gasteiger partial charge in [-0.1, -0.05) is 0 Å². The molecule has 1 aliphatic rings. The normalized spacial score (nSPS) is 14.1. The Morgan fingerprint density at radius 1 is 1.50 bits per heavy atom. The van der Waals surface area contributed by atoms with Gasteiger partial charge in [0.25, 0.3) is 5.91 Å². The first kappa shape index (κ1) is 12.6. The number of aliphatic hydroxyl groups excluding tert-OH is 1. The Balaban J connectivity index is 2.26. The van der Waals surface area contributed by atoms with Crippen LogP contribution in [0, 0.1) is 0 Å². The fourth-order valence-electron chi connectivity index (χ4n) is 1.83. The SMILES string of the molecule is CN1C(=O)COc2ccc(C(=O)CCCO)cc21. The molecular weight excluding hydrogens is 234 g/mol. The van der Waals surface area contributed by atoms with Gasteiger partial charge in [0, 0.05) is 25.6 Å². The number of carbonyl (C=O) groups is 2. The Hall–Kier alpha value is -1.88. The molecule has 2 rings (SSSR count). The Morgan fingerprint density at radius 3 is 3.00 bits per heavy atom. The summed E-state index contributed by atoms with van der Waals surface area (Å²) in [6, 6.07) is 5.04. The van der Waals surface area contributed by atoms with Crippen LogP contribution in [0.5, 0.6) is 5.75 Å². The molecule has 96 valence electrons. The van der Waals surface area contributed by atoms with Crippen molar-refractivity contribution in [2.75, 3.05) is 25.2 Å². The van der Waals surface area contributed by atoms with Crippen molar-refractivity contribution >= 4 is 17.4 Å². The van der Waals surface area contributed by atoms with E-state index in [1.54, 1.807) is 25.2 Å². The van der Waals surface area contributed by atoms with Gasteiger partial charge in [-0.15, -0.1) is 0 Å². The number of fused-ring (bicyclic) bond motifs is 1. The zero-order chi connectivity index (χ0) is 13.1. The zero-order valence-corrected chi connectivity index (χ0v) is 10.2. The summed E-state index contributed by atoms with van der Waals surface area (Å²) in [6.45, 7) is 0.0273. The van der Waals surface area contributed by atoms with Crippen molar-refractivity contribution in [3.8, 4) is 5.75 Å². The number of ketones is 1. The molecule has 0 bridgehead atoms. The van der Waals surface area contributed by atoms with Crippen LogP contribution in [0.2, 0.25) is 0 Å². The predicted molar refractivity (Wildman–Crippen MR) is 66.0 cm³/mol. The van der Waals surface area contributed by atoms with E-state index >= 15 is 0 Å². The number of Topliss-reactive ketones (excluding diaryl/α,β-unsaturated/α-hetero) is 1. The molecule has 1 aliphatic heterocycles. The van der Waals surface area contributed by atoms with Crippen LogP contribution in [0.15, 0.2) is 18.2 Å². The van der Waals surface area contributed by atoms with Crippen molar-refractivity contribution in [2.45, 2.75) is 12.8 Å². The largest absolute Gasteiger partial charge is 0.482 e. The van der Waals surface area contributed by atoms with E-state index in [1.165, 1.54) is 4.90 Å². The van der Waals surface area contributed by atoms with Crippen LogP contribution < -0.4 is 9.64 Å². The van der Waals surface area contributed by atoms with Crippen LogP contribution in [0.3, 0.4) is 0 Å². The molecule has 1 aromatic rings. The molecule has 0 radical (unpaired) electrons. The van der Waals surface area contributed by atoms with E-state index in [0.29, 0.717) is 29.8 Å². The third-order valence-electron chi connectivity index (χ3n) is 2.93. The highest BCUT2D eigenvalue weighted by atomic mass is 16.5. The van der Waals surface area contributed by atoms with E-state index in [9.17, 15) is 9.59 Å². The summed E-state index contributed by atoms with van der Waals surface area (Å²) in [5.74, 6) is 0.427. The highest BCUT2D eigenvalue weighted by Gasteiger charge is 2.23. The van der Waals surface area contributed by atoms with Crippen LogP contribution in [0.1, 0.15) is 23.2 Å². The van der Waals surface area contributed by atoms with E-state index in [0.717, 1.165) is 0 Å². The lowest BCUT2D eigenvalue weighted by atomic mass is 10.0. The summed E-state index contributed by atoms with van der Waals surface area (Å²) in [5.41, 5.74) is 1.15. The molecule has 1 N–H and O–H groups in total. The molecule has 0 saturated heterocycles. The van der Waals surface area contributed by atoms with Crippen molar-refractivity contribution in [2.24, 2.45) is 0 Å². The summed E-state index contributed by atoms with van der Waals surface area (Å²) in [5, 5.41) is 8.71. The van der Waals surface area contributed by atoms with Gasteiger partial charge in [-0.3, -0.25) is 9.59 Å². The van der Waals surface area contributed by atoms with E-state index in [2.05, 4.69) is 0 Å². The number of benzene rings is 1. The van der Waals surface area contributed by atoms with Gasteiger partial charge in [-0.05, 0) is 24.6 Å². The summed E-state index contributed by atoms with van der Waals surface area (Å²) in [4.78, 5) is 24.8. The third kappa shape index (κ3) is 2.36. The number of carbonyl (C=O) groups excluding carboxylic acids is 2. The van der Waals surface area contributed by atoms with E-state index in [-0.39, 0.29) is 24.9 Å². The molecule has 0 aromatic heterocycles. The first-order valence-corrected chi connectivity index (χ1v) is 5.81. The van der Waals surface area contributed by atoms with E-state index in [4.69, 9.17) is 9.84 Å². The van der Waals surface area contributed by atoms with Crippen molar-refractivity contribution in [1.29, 1.82) is 0 Å². The second kappa shape index (κ2) is 5.18. The first-order chi connectivity index (χ1) is 8.63. The zero-order valence-electron chi connectivity index (χ0n) is 10.2. The number of amides is 1. The Morgan fingerprint density at radius 2 is 2.28 bits per heavy atom. The fraction of sp³-hybridized carbons (Fsp3) is 0.385. The molecule has 0 saturated carbocycles. The van der Waals surface area contributed by atoms with Crippen LogP contribution in [0.25, 0.3) is 0 Å². The number of likely N-dealkylation sites (N-methyl/N-ethyl adjacent to an activating group) is 1. The number of ether oxygens (including phenoxy) is 1. The van der Waals surface area contributed by atoms with Crippen LogP contribution in [-0.4, -0.2) is 37.1 Å². The maximum absolute atomic E-state index is 11.8. The van der Waals surface area contributed by atoms with Gasteiger partial charge in [0.1, 0.15) is 5.75 Å². The molecule has 1 amide bonds. The first-order valence-electron chi connectivity index (χ1n) is 5.81. The monoisotopic (exact) mass is 249 g/mol. The lowest BCUT2D eigenvalue weighted by Crippen LogP contribution is -2.35. The number of hydrogen-bond acceptors (Lipinski definition) is 4. The standard InChI is InChI=1S/C13H15NO4/c1-14-10-7-9(11(16)3-2-6-15)4-5-12(10)18-8-13(14)17/h4-5,7,15H,2-3,6,8H2,1H3. The van der Waals surface area contributed by atoms with Crippen LogP contribution in [0.4, 0.5) is 5.69 Å². The molecule has 0 fully saturated rings. The van der Waals surface area contributed by atoms with Crippen molar-refractivity contribution in [1.82, 2.24) is 0 Å². The van der Waals surface area contributed by atoms with Gasteiger partial charge in [0.05, 0.1) is 5.69 Å². The van der Waals surface area contributed by atoms with E-state index in [1.807, 2.05) is 0 Å². The Bertz CT molecular complexity index is 484. The summed E-state index contributed by atoms with van der Waals surface area (Å²) < 4.78 is 5.28. The minimum absolute atomic E-state index is 0.00181. The number of hydrogen-bond donors (Lipinski definition) is 1. The quantitative estimate of drug-likeness (QED) is 0.808. The molecule has 0 aliphatic carbocycles. The topological polar surface area (TPSA) is 66.8 Å². The summed E-state index contributed by atoms with van der Waals surface area (Å²) in [6.07, 6.45) is 0.745. The minimum Gasteiger partial charge on any atom is -0.482 e.